The number of aromatic nitrogens is 4. The monoisotopic (exact) mass is 1070 g/mol. The van der Waals surface area contributed by atoms with Crippen LogP contribution < -0.4 is 26.2 Å². The molecule has 22 heteroatoms. The van der Waals surface area contributed by atoms with E-state index in [2.05, 4.69) is 36.3 Å². The number of esters is 1. The van der Waals surface area contributed by atoms with Gasteiger partial charge in [0.05, 0.1) is 43.4 Å². The molecule has 0 radical (unpaired) electrons. The van der Waals surface area contributed by atoms with E-state index in [1.54, 1.807) is 54.0 Å². The van der Waals surface area contributed by atoms with Crippen molar-refractivity contribution < 1.29 is 43.5 Å². The maximum Gasteiger partial charge on any atom is 0.340 e. The molecule has 8 aromatic rings. The number of hydrogen-bond donors (Lipinski definition) is 6. The average Bonchev–Trinajstić information content (AvgIpc) is 4.25. The van der Waals surface area contributed by atoms with E-state index in [9.17, 15) is 24.6 Å². The highest BCUT2D eigenvalue weighted by Gasteiger charge is 2.53. The van der Waals surface area contributed by atoms with Crippen LogP contribution in [0.5, 0.6) is 23.0 Å². The Morgan fingerprint density at radius 2 is 1.43 bits per heavy atom. The minimum absolute atomic E-state index is 0.0176. The summed E-state index contributed by atoms with van der Waals surface area (Å²) in [6.07, 6.45) is 2.94. The molecular weight excluding hydrogens is 1020 g/mol. The number of nitrogens with zero attached hydrogens (tertiary/aromatic N) is 5. The molecule has 2 aliphatic heterocycles. The molecule has 0 saturated carbocycles. The molecule has 0 fully saturated rings. The van der Waals surface area contributed by atoms with Crippen molar-refractivity contribution in [1.29, 1.82) is 0 Å². The van der Waals surface area contributed by atoms with Crippen molar-refractivity contribution in [2.45, 2.75) is 18.4 Å². The van der Waals surface area contributed by atoms with Crippen LogP contribution in [0.25, 0.3) is 27.6 Å². The number of phenolic OH excluding ortho intramolecular Hbond substituents is 2. The first-order valence-electron chi connectivity index (χ1n) is 23.7. The van der Waals surface area contributed by atoms with Gasteiger partial charge in [-0.2, -0.15) is 4.68 Å². The molecule has 0 bridgehead atoms. The van der Waals surface area contributed by atoms with E-state index in [1.807, 2.05) is 47.8 Å². The fourth-order valence-corrected chi connectivity index (χ4v) is 9.93. The van der Waals surface area contributed by atoms with E-state index >= 15 is 0 Å². The molecule has 6 N–H and O–H groups in total. The average molecular weight is 1070 g/mol. The van der Waals surface area contributed by atoms with Gasteiger partial charge in [-0.05, 0) is 73.6 Å². The molecule has 5 heterocycles. The molecule has 1 amide bonds. The van der Waals surface area contributed by atoms with Gasteiger partial charge in [0.25, 0.3) is 5.91 Å². The molecule has 19 nitrogen and oxygen atoms in total. The summed E-state index contributed by atoms with van der Waals surface area (Å²) in [7, 11) is 0. The van der Waals surface area contributed by atoms with Gasteiger partial charge in [-0.3, -0.25) is 14.7 Å². The van der Waals surface area contributed by atoms with Crippen LogP contribution >= 0.6 is 34.9 Å². The third-order valence-electron chi connectivity index (χ3n) is 12.0. The molecule has 3 aromatic heterocycles. The van der Waals surface area contributed by atoms with E-state index < -0.39 is 17.1 Å². The number of carbonyl (C=O) groups is 2. The number of carbonyl (C=O) groups excluding carboxylic acids is 2. The quantitative estimate of drug-likeness (QED) is 0.0170. The summed E-state index contributed by atoms with van der Waals surface area (Å²) in [6.45, 7) is 3.60. The van der Waals surface area contributed by atoms with Crippen LogP contribution in [0.3, 0.4) is 0 Å². The highest BCUT2D eigenvalue weighted by molar-refractivity contribution is 7.80. The van der Waals surface area contributed by atoms with Crippen LogP contribution in [0.1, 0.15) is 50.2 Å². The lowest BCUT2D eigenvalue weighted by molar-refractivity contribution is 0.0140. The summed E-state index contributed by atoms with van der Waals surface area (Å²) in [6, 6.07) is 31.1. The molecule has 2 aliphatic rings. The first-order chi connectivity index (χ1) is 36.6. The molecule has 382 valence electrons. The zero-order valence-corrected chi connectivity index (χ0v) is 42.3. The summed E-state index contributed by atoms with van der Waals surface area (Å²) in [4.78, 5) is 48.7. The lowest BCUT2D eigenvalue weighted by Crippen LogP contribution is -2.33. The number of thiocarbonyl (C=S) groups is 1. The zero-order valence-electron chi connectivity index (χ0n) is 39.8. The number of aromatic amines is 1. The molecule has 1 spiro atoms. The van der Waals surface area contributed by atoms with E-state index in [1.165, 1.54) is 51.6 Å². The van der Waals surface area contributed by atoms with Gasteiger partial charge in [0.2, 0.25) is 10.3 Å². The summed E-state index contributed by atoms with van der Waals surface area (Å²) >= 11 is 8.13. The Kier molecular flexibility index (Phi) is 15.4. The van der Waals surface area contributed by atoms with Crippen LogP contribution in [0.2, 0.25) is 0 Å². The summed E-state index contributed by atoms with van der Waals surface area (Å²) in [5.74, 6) is -0.163. The molecule has 0 unspecified atom stereocenters. The molecule has 5 aromatic carbocycles. The molecule has 75 heavy (non-hydrogen) atoms. The number of azo groups is 1. The number of fused-ring (bicyclic) bond motifs is 6. The highest BCUT2D eigenvalue weighted by Crippen LogP contribution is 2.57. The predicted octanol–water partition coefficient (Wildman–Crippen LogP) is 9.35. The first-order valence-corrected chi connectivity index (χ1v) is 25.9. The number of rotatable bonds is 21. The zero-order chi connectivity index (χ0) is 51.7. The lowest BCUT2D eigenvalue weighted by atomic mass is 9.77. The van der Waals surface area contributed by atoms with Crippen molar-refractivity contribution in [2.75, 3.05) is 58.0 Å². The number of ether oxygens (including phenoxy) is 5. The highest BCUT2D eigenvalue weighted by atomic mass is 32.1. The fourth-order valence-electron chi connectivity index (χ4n) is 8.47. The number of nitrogens with one attached hydrogen (secondary N) is 4. The number of phenols is 2. The van der Waals surface area contributed by atoms with Gasteiger partial charge < -0.3 is 49.8 Å². The third-order valence-corrected chi connectivity index (χ3v) is 13.7. The predicted molar refractivity (Wildman–Crippen MR) is 285 cm³/mol. The number of amides is 1. The van der Waals surface area contributed by atoms with Crippen molar-refractivity contribution in [3.05, 3.63) is 164 Å². The summed E-state index contributed by atoms with van der Waals surface area (Å²) in [5.41, 5.74) is 4.24. The second-order valence-corrected chi connectivity index (χ2v) is 19.0. The van der Waals surface area contributed by atoms with Crippen LogP contribution in [0.4, 0.5) is 16.5 Å². The number of aromatic hydroxyl groups is 2. The van der Waals surface area contributed by atoms with Crippen LogP contribution in [-0.4, -0.2) is 99.7 Å². The molecular formula is C53H47N9O10S3. The Morgan fingerprint density at radius 3 is 2.11 bits per heavy atom. The maximum absolute atomic E-state index is 13.6. The Hall–Kier alpha value is -8.12. The second-order valence-electron chi connectivity index (χ2n) is 16.9. The molecule has 0 saturated heterocycles. The summed E-state index contributed by atoms with van der Waals surface area (Å²) in [5, 5.41) is 46.0. The Labute approximate surface area is 441 Å². The van der Waals surface area contributed by atoms with Crippen LogP contribution in [0.15, 0.2) is 141 Å². The van der Waals surface area contributed by atoms with Gasteiger partial charge in [0, 0.05) is 94.5 Å². The molecule has 0 aliphatic carbocycles. The summed E-state index contributed by atoms with van der Waals surface area (Å²) < 4.78 is 30.5. The largest absolute Gasteiger partial charge is 0.508 e. The van der Waals surface area contributed by atoms with Crippen molar-refractivity contribution in [3.63, 3.8) is 0 Å². The fraction of sp³-hybridized carbons (Fsp3) is 0.208. The molecule has 10 rings (SSSR count). The second kappa shape index (κ2) is 23.0. The van der Waals surface area contributed by atoms with Crippen molar-refractivity contribution in [3.8, 4) is 50.6 Å². The number of H-pyrrole nitrogens is 1. The van der Waals surface area contributed by atoms with E-state index in [0.717, 1.165) is 11.1 Å². The number of hydrogen-bond acceptors (Lipinski definition) is 17. The Morgan fingerprint density at radius 1 is 0.760 bits per heavy atom. The number of thiazole rings is 2. The standard InChI is InChI=1S/C53H47N9O10S3/c63-36-13-16-40-43(29-36)71-44-30-37(64)14-17-41(44)53(40)39-15-12-35(28-38(39)49(67)72-53)57-50(73)55-19-5-22-69-24-26-70-25-23-68-21-4-18-54-47(65)34-10-8-32(9-11-34)42-31-75-52(58-42)62-48(66)46(59-60-51-56-20-27-74-51)45(61-62)33-6-2-1-3-7-33/h1-3,6-17,20,27-31,61,63-64H,4-5,18-19,21-26H2,(H,54,65)(H2,55,57,73). The van der Waals surface area contributed by atoms with Crippen LogP contribution in [-0.2, 0) is 24.5 Å². The number of benzene rings is 5. The minimum atomic E-state index is -1.34. The van der Waals surface area contributed by atoms with E-state index in [-0.39, 0.29) is 23.1 Å². The normalized spacial score (nSPS) is 13.0. The maximum atomic E-state index is 13.6. The van der Waals surface area contributed by atoms with E-state index in [0.29, 0.717) is 137 Å². The van der Waals surface area contributed by atoms with E-state index in [4.69, 9.17) is 40.9 Å². The topological polar surface area (TPSA) is 245 Å². The minimum Gasteiger partial charge on any atom is -0.508 e. The SMILES string of the molecule is O=C(NCCCOCCOCCOCCCNC(=S)Nc1ccc2c(c1)C(=O)OC21c2ccc(O)cc2Oc2cc(O)ccc21)c1ccc(-c2csc(-n3[nH]c(-c4ccccc4)c(N=Nc4nccs4)c3=O)n2)cc1. The van der Waals surface area contributed by atoms with Gasteiger partial charge in [-0.15, -0.1) is 32.9 Å². The smallest absolute Gasteiger partial charge is 0.340 e. The van der Waals surface area contributed by atoms with Crippen molar-refractivity contribution in [2.24, 2.45) is 10.2 Å². The van der Waals surface area contributed by atoms with Gasteiger partial charge in [0.15, 0.2) is 16.4 Å². The van der Waals surface area contributed by atoms with Crippen molar-refractivity contribution >= 4 is 68.4 Å². The molecule has 0 atom stereocenters. The third kappa shape index (κ3) is 11.2. The van der Waals surface area contributed by atoms with Gasteiger partial charge in [-0.25, -0.2) is 14.8 Å². The van der Waals surface area contributed by atoms with Gasteiger partial charge >= 0.3 is 11.5 Å². The lowest BCUT2D eigenvalue weighted by Gasteiger charge is -2.36. The van der Waals surface area contributed by atoms with Crippen molar-refractivity contribution in [1.82, 2.24) is 30.4 Å². The first kappa shape index (κ1) is 50.4. The Bertz CT molecular complexity index is 3380. The van der Waals surface area contributed by atoms with Gasteiger partial charge in [-0.1, -0.05) is 48.5 Å². The van der Waals surface area contributed by atoms with Gasteiger partial charge in [0.1, 0.15) is 23.0 Å². The van der Waals surface area contributed by atoms with Crippen LogP contribution in [0, 0.1) is 0 Å². The number of anilines is 1. The Balaban J connectivity index is 0.585.